The van der Waals surface area contributed by atoms with E-state index in [0.717, 1.165) is 0 Å². The molecule has 1 aromatic rings. The van der Waals surface area contributed by atoms with Crippen LogP contribution in [0.1, 0.15) is 56.7 Å². The van der Waals surface area contributed by atoms with Crippen LogP contribution in [-0.2, 0) is 12.8 Å². The van der Waals surface area contributed by atoms with E-state index in [-0.39, 0.29) is 5.54 Å². The van der Waals surface area contributed by atoms with Crippen LogP contribution >= 0.6 is 11.3 Å². The Labute approximate surface area is 103 Å². The van der Waals surface area contributed by atoms with Gasteiger partial charge in [-0.2, -0.15) is 0 Å². The summed E-state index contributed by atoms with van der Waals surface area (Å²) in [6.07, 6.45) is 2.43. The fourth-order valence-electron chi connectivity index (χ4n) is 2.85. The zero-order chi connectivity index (χ0) is 11.9. The summed E-state index contributed by atoms with van der Waals surface area (Å²) < 4.78 is 0. The first-order chi connectivity index (χ1) is 7.45. The highest BCUT2D eigenvalue weighted by atomic mass is 32.1. The largest absolute Gasteiger partial charge is 0.291 e. The third-order valence-corrected chi connectivity index (χ3v) is 4.95. The van der Waals surface area contributed by atoms with Crippen LogP contribution in [0.4, 0.5) is 0 Å². The molecule has 0 saturated heterocycles. The Morgan fingerprint density at radius 2 is 2.12 bits per heavy atom. The van der Waals surface area contributed by atoms with Crippen LogP contribution in [0.3, 0.4) is 0 Å². The van der Waals surface area contributed by atoms with Gasteiger partial charge in [-0.05, 0) is 57.0 Å². The number of rotatable bonds is 1. The zero-order valence-electron chi connectivity index (χ0n) is 11.1. The number of hydrogen-bond donors (Lipinski definition) is 0. The summed E-state index contributed by atoms with van der Waals surface area (Å²) in [6.45, 7) is 12.8. The lowest BCUT2D eigenvalue weighted by Gasteiger charge is -2.43. The normalized spacial score (nSPS) is 22.2. The van der Waals surface area contributed by atoms with E-state index in [1.807, 2.05) is 11.3 Å². The first-order valence-corrected chi connectivity index (χ1v) is 7.19. The molecule has 1 aliphatic rings. The van der Waals surface area contributed by atoms with Crippen molar-refractivity contribution in [2.75, 3.05) is 6.54 Å². The van der Waals surface area contributed by atoms with Crippen LogP contribution in [0.25, 0.3) is 0 Å². The summed E-state index contributed by atoms with van der Waals surface area (Å²) in [5.74, 6) is 0. The van der Waals surface area contributed by atoms with Crippen LogP contribution in [0.2, 0.25) is 0 Å². The molecule has 1 atom stereocenters. The molecule has 1 aromatic heterocycles. The van der Waals surface area contributed by atoms with Gasteiger partial charge in [-0.3, -0.25) is 4.90 Å². The maximum atomic E-state index is 2.63. The molecule has 0 aromatic carbocycles. The molecule has 0 fully saturated rings. The summed E-state index contributed by atoms with van der Waals surface area (Å²) in [5, 5.41) is 2.37. The van der Waals surface area contributed by atoms with Crippen LogP contribution in [0.15, 0.2) is 5.38 Å². The van der Waals surface area contributed by atoms with Crippen molar-refractivity contribution in [3.05, 3.63) is 21.4 Å². The molecule has 16 heavy (non-hydrogen) atoms. The fourth-order valence-corrected chi connectivity index (χ4v) is 4.13. The van der Waals surface area contributed by atoms with Gasteiger partial charge in [-0.25, -0.2) is 0 Å². The second-order valence-electron chi connectivity index (χ2n) is 5.75. The van der Waals surface area contributed by atoms with Gasteiger partial charge in [0.15, 0.2) is 0 Å². The van der Waals surface area contributed by atoms with E-state index in [1.54, 1.807) is 16.0 Å². The molecule has 0 spiro atoms. The topological polar surface area (TPSA) is 3.24 Å². The Bertz CT molecular complexity index is 373. The summed E-state index contributed by atoms with van der Waals surface area (Å²) in [4.78, 5) is 4.24. The molecule has 0 saturated carbocycles. The minimum Gasteiger partial charge on any atom is -0.291 e. The average molecular weight is 237 g/mol. The van der Waals surface area contributed by atoms with Gasteiger partial charge in [0.1, 0.15) is 0 Å². The first kappa shape index (κ1) is 12.1. The van der Waals surface area contributed by atoms with Crippen molar-refractivity contribution < 1.29 is 0 Å². The molecule has 2 heteroatoms. The molecule has 0 bridgehead atoms. The molecule has 1 nitrogen and oxygen atoms in total. The first-order valence-electron chi connectivity index (χ1n) is 6.31. The monoisotopic (exact) mass is 237 g/mol. The lowest BCUT2D eigenvalue weighted by Crippen LogP contribution is -2.46. The molecule has 2 heterocycles. The smallest absolute Gasteiger partial charge is 0.0421 e. The minimum atomic E-state index is 0.285. The van der Waals surface area contributed by atoms with Gasteiger partial charge in [0.25, 0.3) is 0 Å². The van der Waals surface area contributed by atoms with Crippen molar-refractivity contribution in [3.63, 3.8) is 0 Å². The van der Waals surface area contributed by atoms with E-state index >= 15 is 0 Å². The average Bonchev–Trinajstić information content (AvgIpc) is 2.60. The molecule has 2 rings (SSSR count). The molecule has 0 radical (unpaired) electrons. The number of aryl methyl sites for hydroxylation is 1. The lowest BCUT2D eigenvalue weighted by molar-refractivity contribution is 0.0845. The van der Waals surface area contributed by atoms with Crippen LogP contribution < -0.4 is 0 Å². The summed E-state index contributed by atoms with van der Waals surface area (Å²) in [6, 6.07) is 0.592. The summed E-state index contributed by atoms with van der Waals surface area (Å²) in [7, 11) is 0. The van der Waals surface area contributed by atoms with Crippen molar-refractivity contribution in [3.8, 4) is 0 Å². The van der Waals surface area contributed by atoms with Gasteiger partial charge < -0.3 is 0 Å². The zero-order valence-corrected chi connectivity index (χ0v) is 11.9. The van der Waals surface area contributed by atoms with Crippen molar-refractivity contribution in [1.29, 1.82) is 0 Å². The van der Waals surface area contributed by atoms with Gasteiger partial charge in [-0.15, -0.1) is 11.3 Å². The molecule has 1 aliphatic heterocycles. The number of thiophene rings is 1. The van der Waals surface area contributed by atoms with E-state index in [2.05, 4.69) is 44.9 Å². The van der Waals surface area contributed by atoms with Crippen molar-refractivity contribution in [1.82, 2.24) is 4.90 Å². The Hall–Kier alpha value is -0.340. The molecule has 90 valence electrons. The standard InChI is InChI=1S/C14H23NS/c1-6-11-9-16-13-10(2)15(14(3,4)5)8-7-12(11)13/h9-10H,6-8H2,1-5H3. The van der Waals surface area contributed by atoms with Gasteiger partial charge in [0.2, 0.25) is 0 Å². The third kappa shape index (κ3) is 1.93. The Kier molecular flexibility index (Phi) is 3.15. The molecule has 0 amide bonds. The van der Waals surface area contributed by atoms with Crippen LogP contribution in [0.5, 0.6) is 0 Å². The lowest BCUT2D eigenvalue weighted by atomic mass is 9.93. The van der Waals surface area contributed by atoms with Crippen LogP contribution in [0, 0.1) is 0 Å². The van der Waals surface area contributed by atoms with E-state index < -0.39 is 0 Å². The second kappa shape index (κ2) is 4.15. The number of nitrogens with zero attached hydrogens (tertiary/aromatic N) is 1. The highest BCUT2D eigenvalue weighted by molar-refractivity contribution is 7.10. The maximum Gasteiger partial charge on any atom is 0.0421 e. The Morgan fingerprint density at radius 1 is 1.44 bits per heavy atom. The molecular formula is C14H23NS. The number of hydrogen-bond acceptors (Lipinski definition) is 2. The Balaban J connectivity index is 2.33. The Morgan fingerprint density at radius 3 is 2.69 bits per heavy atom. The summed E-state index contributed by atoms with van der Waals surface area (Å²) >= 11 is 1.96. The van der Waals surface area contributed by atoms with E-state index in [4.69, 9.17) is 0 Å². The van der Waals surface area contributed by atoms with Gasteiger partial charge in [0, 0.05) is 23.0 Å². The highest BCUT2D eigenvalue weighted by Crippen LogP contribution is 2.39. The van der Waals surface area contributed by atoms with Crippen molar-refractivity contribution in [2.45, 2.75) is 59.0 Å². The predicted molar refractivity (Wildman–Crippen MR) is 72.3 cm³/mol. The van der Waals surface area contributed by atoms with Crippen molar-refractivity contribution in [2.24, 2.45) is 0 Å². The third-order valence-electron chi connectivity index (χ3n) is 3.71. The molecule has 0 N–H and O–H groups in total. The number of fused-ring (bicyclic) bond motifs is 1. The quantitative estimate of drug-likeness (QED) is 0.713. The van der Waals surface area contributed by atoms with E-state index in [0.29, 0.717) is 6.04 Å². The predicted octanol–water partition coefficient (Wildman–Crippen LogP) is 4.03. The van der Waals surface area contributed by atoms with E-state index in [1.165, 1.54) is 19.4 Å². The van der Waals surface area contributed by atoms with E-state index in [9.17, 15) is 0 Å². The molecule has 0 aliphatic carbocycles. The maximum absolute atomic E-state index is 2.63. The van der Waals surface area contributed by atoms with Crippen molar-refractivity contribution >= 4 is 11.3 Å². The second-order valence-corrected chi connectivity index (χ2v) is 6.66. The van der Waals surface area contributed by atoms with Crippen LogP contribution in [-0.4, -0.2) is 17.0 Å². The fraction of sp³-hybridized carbons (Fsp3) is 0.714. The molecular weight excluding hydrogens is 214 g/mol. The minimum absolute atomic E-state index is 0.285. The molecule has 1 unspecified atom stereocenters. The SMILES string of the molecule is CCc1csc2c1CCN(C(C)(C)C)C2C. The van der Waals surface area contributed by atoms with Gasteiger partial charge in [-0.1, -0.05) is 6.92 Å². The van der Waals surface area contributed by atoms with Gasteiger partial charge in [0.05, 0.1) is 0 Å². The van der Waals surface area contributed by atoms with Gasteiger partial charge >= 0.3 is 0 Å². The summed E-state index contributed by atoms with van der Waals surface area (Å²) in [5.41, 5.74) is 3.52. The highest BCUT2D eigenvalue weighted by Gasteiger charge is 2.33.